The van der Waals surface area contributed by atoms with Gasteiger partial charge in [-0.1, -0.05) is 122 Å². The van der Waals surface area contributed by atoms with E-state index in [9.17, 15) is 0 Å². The van der Waals surface area contributed by atoms with Gasteiger partial charge in [0.1, 0.15) is 27.5 Å². The average molecular weight is 1630 g/mol. The number of allylic oxidation sites excluding steroid dienone is 2. The number of methoxy groups -OCH3 is 4. The third-order valence-electron chi connectivity index (χ3n) is 15.0. The summed E-state index contributed by atoms with van der Waals surface area (Å²) in [6, 6.07) is 42.0. The van der Waals surface area contributed by atoms with Gasteiger partial charge in [0.2, 0.25) is 5.95 Å². The SMILES string of the molecule is CC(C)(C)C(C)(C)C.CC(C)(C)C(C)(C)C.CC(C)(C)P.COc1cc(/C=C/C#N)cc(OC)c1-c1cccc2cnc(Nc3ccc(C#N)cc3)nc12.COc1cc(/C=C/C#N)cc(OC)c1Br.C[C-](C)C.P.[CH3][Sn]([CH3])([CH3])[c]1cccc2cnc(Nc3ccc(C#N)cc3)nc12.[Pd]. The molecule has 0 spiro atoms. The topological polar surface area (TPSA) is 208 Å². The number of para-hydroxylation sites is 2. The van der Waals surface area contributed by atoms with E-state index >= 15 is 0 Å². The Kier molecular flexibility index (Phi) is 39.2. The summed E-state index contributed by atoms with van der Waals surface area (Å²) in [5.41, 5.74) is 9.61. The van der Waals surface area contributed by atoms with Gasteiger partial charge in [-0.2, -0.15) is 46.5 Å². The van der Waals surface area contributed by atoms with Crippen LogP contribution in [-0.2, 0) is 20.4 Å². The van der Waals surface area contributed by atoms with Gasteiger partial charge in [-0.15, -0.1) is 9.24 Å². The minimum Gasteiger partial charge on any atom is 0 e. The van der Waals surface area contributed by atoms with Gasteiger partial charge in [0.25, 0.3) is 0 Å². The second-order valence-corrected chi connectivity index (χ2v) is 46.0. The maximum absolute atomic E-state index is 8.99. The molecule has 528 valence electrons. The van der Waals surface area contributed by atoms with E-state index < -0.39 is 18.4 Å². The third-order valence-corrected chi connectivity index (χ3v) is 21.6. The van der Waals surface area contributed by atoms with Crippen LogP contribution in [0, 0.1) is 72.9 Å². The van der Waals surface area contributed by atoms with Gasteiger partial charge in [-0.25, -0.2) is 9.97 Å². The van der Waals surface area contributed by atoms with Crippen molar-refractivity contribution >= 4 is 114 Å². The number of nitrogens with zero attached hydrogens (tertiary/aromatic N) is 8. The van der Waals surface area contributed by atoms with Gasteiger partial charge in [0.15, 0.2) is 0 Å². The van der Waals surface area contributed by atoms with Gasteiger partial charge >= 0.3 is 140 Å². The van der Waals surface area contributed by atoms with E-state index in [1.54, 1.807) is 83.2 Å². The molecule has 2 heterocycles. The molecule has 2 N–H and O–H groups in total. The minimum absolute atomic E-state index is 0. The number of anilines is 4. The van der Waals surface area contributed by atoms with Crippen LogP contribution in [0.25, 0.3) is 45.1 Å². The number of hydrogen-bond acceptors (Lipinski definition) is 14. The predicted molar refractivity (Wildman–Crippen MR) is 425 cm³/mol. The molecule has 0 amide bonds. The van der Waals surface area contributed by atoms with Crippen molar-refractivity contribution in [2.45, 2.75) is 145 Å². The van der Waals surface area contributed by atoms with Crippen molar-refractivity contribution in [3.05, 3.63) is 166 Å². The molecule has 0 aliphatic carbocycles. The quantitative estimate of drug-likeness (QED) is 0.0505. The van der Waals surface area contributed by atoms with Crippen molar-refractivity contribution in [1.82, 2.24) is 19.9 Å². The van der Waals surface area contributed by atoms with Crippen LogP contribution in [0.5, 0.6) is 23.0 Å². The molecule has 0 saturated heterocycles. The molecule has 2 unspecified atom stereocenters. The summed E-state index contributed by atoms with van der Waals surface area (Å²) in [6.45, 7) is 40.0. The fourth-order valence-electron chi connectivity index (χ4n) is 7.10. The first-order chi connectivity index (χ1) is 44.6. The predicted octanol–water partition coefficient (Wildman–Crippen LogP) is 21.8. The molecule has 6 aromatic carbocycles. The van der Waals surface area contributed by atoms with Crippen molar-refractivity contribution in [1.29, 1.82) is 21.0 Å². The van der Waals surface area contributed by atoms with Gasteiger partial charge in [0, 0.05) is 55.4 Å². The van der Waals surface area contributed by atoms with Crippen molar-refractivity contribution in [2.75, 3.05) is 39.1 Å². The Morgan fingerprint density at radius 3 is 1.13 bits per heavy atom. The van der Waals surface area contributed by atoms with E-state index in [-0.39, 0.29) is 30.3 Å². The summed E-state index contributed by atoms with van der Waals surface area (Å²) in [7, 11) is 9.06. The van der Waals surface area contributed by atoms with Crippen molar-refractivity contribution in [3.8, 4) is 58.4 Å². The van der Waals surface area contributed by atoms with E-state index in [1.807, 2.05) is 72.9 Å². The first kappa shape index (κ1) is 91.0. The maximum atomic E-state index is 8.99. The molecule has 0 saturated carbocycles. The van der Waals surface area contributed by atoms with Crippen molar-refractivity contribution in [2.24, 2.45) is 21.7 Å². The fourth-order valence-corrected chi connectivity index (χ4v) is 12.0. The fraction of sp³-hybridized carbons (Fsp3) is 0.380. The average Bonchev–Trinajstić information content (AvgIpc) is 0.779. The normalized spacial score (nSPS) is 11.0. The third kappa shape index (κ3) is 31.9. The minimum atomic E-state index is -2.24. The molecule has 0 bridgehead atoms. The summed E-state index contributed by atoms with van der Waals surface area (Å²) in [5.74, 6) is 4.97. The standard InChI is InChI=1S/C26H19N5O2.C15H9N4.C11H10BrNO2.2C8H18.C4H11P.C4H9.3CH3.H3P.Pd.Sn/c1-32-22-13-18(5-4-12-27)14-23(33-2)24(22)21-7-3-6-19-16-29-26(31-25(19)21)30-20-10-8-17(15-28)9-11-20;16-9-11-5-7-13(8-6-11)18-15-17-10-12-3-1-2-4-14(12)19-15;1-14-9-6-8(4-3-5-13)7-10(15-2)11(9)12;2*1-7(2,3)8(4,5)6;1-4(2,3)5;1-4(2)3;;;;;;/h3-11,13-14,16H,1-2H3,(H,29,30,31);1-3,5-8,10H,(H,17,18,19);3-4,6-7H,1-2H3;2*1-6H3;5H2,1-3H3;1-3H3;4*1H3;;/q;;;;;;-1;;;;;;/b5-4+;;4-3+;;;;;;;;;;. The molecule has 0 aliphatic heterocycles. The van der Waals surface area contributed by atoms with Crippen LogP contribution in [0.1, 0.15) is 147 Å². The Bertz CT molecular complexity index is 3910. The summed E-state index contributed by atoms with van der Waals surface area (Å²) < 4.78 is 23.9. The molecule has 2 atom stereocenters. The zero-order valence-corrected chi connectivity index (χ0v) is 71.1. The number of fused-ring (bicyclic) bond motifs is 2. The number of aromatic nitrogens is 4. The molecule has 14 nitrogen and oxygen atoms in total. The summed E-state index contributed by atoms with van der Waals surface area (Å²) in [6.07, 6.45) is 9.82. The second-order valence-electron chi connectivity index (χ2n) is 29.1. The zero-order chi connectivity index (χ0) is 73.0. The van der Waals surface area contributed by atoms with Crippen LogP contribution in [0.15, 0.2) is 138 Å². The van der Waals surface area contributed by atoms with Crippen molar-refractivity contribution < 1.29 is 39.4 Å². The van der Waals surface area contributed by atoms with Gasteiger partial charge < -0.3 is 30.2 Å². The first-order valence-corrected chi connectivity index (χ1v) is 42.9. The van der Waals surface area contributed by atoms with E-state index in [4.69, 9.17) is 50.0 Å². The number of hydrogen-bond donors (Lipinski definition) is 2. The molecule has 0 aliphatic rings. The summed E-state index contributed by atoms with van der Waals surface area (Å²) in [4.78, 5) is 25.5. The summed E-state index contributed by atoms with van der Waals surface area (Å²) in [5, 5.41) is 43.9. The Labute approximate surface area is 619 Å². The Morgan fingerprint density at radius 2 is 0.827 bits per heavy atom. The smallest absolute Gasteiger partial charge is 0 e. The monoisotopic (exact) mass is 1630 g/mol. The first-order valence-electron chi connectivity index (χ1n) is 31.5. The number of rotatable bonds is 12. The molecule has 0 radical (unpaired) electrons. The molecular formula is C79H106BrN10O4P2PdSn-. The van der Waals surface area contributed by atoms with Gasteiger partial charge in [0.05, 0.1) is 63.3 Å². The van der Waals surface area contributed by atoms with Crippen LogP contribution >= 0.6 is 35.1 Å². The molecule has 19 heteroatoms. The number of halogens is 1. The van der Waals surface area contributed by atoms with E-state index in [0.717, 1.165) is 59.9 Å². The number of nitriles is 4. The largest absolute Gasteiger partial charge is 0 e. The molecule has 0 fully saturated rings. The van der Waals surface area contributed by atoms with Crippen LogP contribution in [0.3, 0.4) is 0 Å². The molecule has 2 aromatic heterocycles. The molecule has 8 rings (SSSR count). The second kappa shape index (κ2) is 42.2. The zero-order valence-electron chi connectivity index (χ0n) is 62.5. The van der Waals surface area contributed by atoms with Crippen LogP contribution < -0.4 is 33.2 Å². The van der Waals surface area contributed by atoms with Crippen LogP contribution in [-0.4, -0.2) is 71.9 Å². The van der Waals surface area contributed by atoms with Crippen molar-refractivity contribution in [3.63, 3.8) is 0 Å². The van der Waals surface area contributed by atoms with E-state index in [2.05, 4.69) is 216 Å². The number of ether oxygens (including phenoxy) is 4. The van der Waals surface area contributed by atoms with E-state index in [1.165, 1.54) is 21.6 Å². The Balaban J connectivity index is 0.00000126. The maximum Gasteiger partial charge on any atom is 0 e. The van der Waals surface area contributed by atoms with Gasteiger partial charge in [-0.3, -0.25) is 0 Å². The Hall–Kier alpha value is -6.96. The molecule has 98 heavy (non-hydrogen) atoms. The van der Waals surface area contributed by atoms with E-state index in [0.29, 0.717) is 72.8 Å². The van der Waals surface area contributed by atoms with Crippen LogP contribution in [0.4, 0.5) is 23.3 Å². The number of nitrogens with one attached hydrogen (secondary N) is 2. The molecule has 8 aromatic rings. The van der Waals surface area contributed by atoms with Gasteiger partial charge in [-0.05, 0) is 115 Å². The summed E-state index contributed by atoms with van der Waals surface area (Å²) >= 11 is 1.12. The molecular weight excluding hydrogens is 1520 g/mol. The number of benzene rings is 6. The Morgan fingerprint density at radius 1 is 0.510 bits per heavy atom. The van der Waals surface area contributed by atoms with Crippen LogP contribution in [0.2, 0.25) is 14.8 Å².